The lowest BCUT2D eigenvalue weighted by Gasteiger charge is -2.38. The van der Waals surface area contributed by atoms with E-state index in [0.29, 0.717) is 12.1 Å². The highest BCUT2D eigenvalue weighted by molar-refractivity contribution is 6.05. The number of hydrogen-bond donors (Lipinski definition) is 1. The van der Waals surface area contributed by atoms with Gasteiger partial charge in [-0.15, -0.1) is 0 Å². The van der Waals surface area contributed by atoms with Gasteiger partial charge >= 0.3 is 0 Å². The van der Waals surface area contributed by atoms with E-state index in [1.807, 2.05) is 35.2 Å². The van der Waals surface area contributed by atoms with Gasteiger partial charge in [-0.3, -0.25) is 9.78 Å². The highest BCUT2D eigenvalue weighted by Crippen LogP contribution is 2.30. The Morgan fingerprint density at radius 3 is 2.71 bits per heavy atom. The maximum Gasteiger partial charge on any atom is 0.256 e. The van der Waals surface area contributed by atoms with Gasteiger partial charge in [-0.2, -0.15) is 0 Å². The molecule has 110 valence electrons. The van der Waals surface area contributed by atoms with E-state index in [9.17, 15) is 4.79 Å². The van der Waals surface area contributed by atoms with Gasteiger partial charge < -0.3 is 10.6 Å². The molecule has 1 aliphatic rings. The van der Waals surface area contributed by atoms with Crippen molar-refractivity contribution < 1.29 is 4.79 Å². The molecule has 0 saturated carbocycles. The average Bonchev–Trinajstić information content (AvgIpc) is 2.54. The first-order valence-corrected chi connectivity index (χ1v) is 7.46. The standard InChI is InChI=1S/C17H21N3O/c1-17(12-18)7-10-20(11-8-17)16(21)14-6-2-4-13-5-3-9-19-15(13)14/h2-6,9H,7-8,10-12,18H2,1H3. The Kier molecular flexibility index (Phi) is 3.64. The van der Waals surface area contributed by atoms with Crippen LogP contribution in [0.1, 0.15) is 30.1 Å². The van der Waals surface area contributed by atoms with E-state index in [-0.39, 0.29) is 11.3 Å². The SMILES string of the molecule is CC1(CN)CCN(C(=O)c2cccc3cccnc23)CC1. The zero-order valence-electron chi connectivity index (χ0n) is 12.4. The molecule has 0 bridgehead atoms. The van der Waals surface area contributed by atoms with Gasteiger partial charge in [0.05, 0.1) is 11.1 Å². The Labute approximate surface area is 125 Å². The van der Waals surface area contributed by atoms with Crippen LogP contribution in [0.15, 0.2) is 36.5 Å². The molecule has 1 aliphatic heterocycles. The summed E-state index contributed by atoms with van der Waals surface area (Å²) < 4.78 is 0. The van der Waals surface area contributed by atoms with Crippen molar-refractivity contribution in [1.82, 2.24) is 9.88 Å². The number of rotatable bonds is 2. The van der Waals surface area contributed by atoms with Crippen LogP contribution in [0.2, 0.25) is 0 Å². The summed E-state index contributed by atoms with van der Waals surface area (Å²) in [5.74, 6) is 0.0818. The molecule has 4 heteroatoms. The van der Waals surface area contributed by atoms with Crippen molar-refractivity contribution in [3.05, 3.63) is 42.1 Å². The molecule has 0 unspecified atom stereocenters. The summed E-state index contributed by atoms with van der Waals surface area (Å²) in [6.07, 6.45) is 3.67. The van der Waals surface area contributed by atoms with Gasteiger partial charge in [-0.1, -0.05) is 25.1 Å². The minimum Gasteiger partial charge on any atom is -0.339 e. The normalized spacial score (nSPS) is 17.9. The molecule has 0 atom stereocenters. The topological polar surface area (TPSA) is 59.2 Å². The molecule has 1 amide bonds. The van der Waals surface area contributed by atoms with E-state index >= 15 is 0 Å². The molecule has 4 nitrogen and oxygen atoms in total. The summed E-state index contributed by atoms with van der Waals surface area (Å²) in [5.41, 5.74) is 7.49. The first-order chi connectivity index (χ1) is 10.1. The molecule has 0 aliphatic carbocycles. The smallest absolute Gasteiger partial charge is 0.256 e. The molecule has 21 heavy (non-hydrogen) atoms. The van der Waals surface area contributed by atoms with E-state index in [1.165, 1.54) is 0 Å². The van der Waals surface area contributed by atoms with Gasteiger partial charge in [-0.25, -0.2) is 0 Å². The number of benzene rings is 1. The number of piperidine rings is 1. The molecule has 2 aromatic rings. The summed E-state index contributed by atoms with van der Waals surface area (Å²) in [7, 11) is 0. The number of fused-ring (bicyclic) bond motifs is 1. The van der Waals surface area contributed by atoms with Crippen LogP contribution in [0.3, 0.4) is 0 Å². The van der Waals surface area contributed by atoms with E-state index in [4.69, 9.17) is 5.73 Å². The van der Waals surface area contributed by atoms with Crippen LogP contribution in [0.25, 0.3) is 10.9 Å². The largest absolute Gasteiger partial charge is 0.339 e. The third kappa shape index (κ3) is 2.63. The van der Waals surface area contributed by atoms with Crippen LogP contribution >= 0.6 is 0 Å². The number of aromatic nitrogens is 1. The quantitative estimate of drug-likeness (QED) is 0.921. The number of nitrogens with two attached hydrogens (primary N) is 1. The second-order valence-electron chi connectivity index (χ2n) is 6.19. The molecule has 0 radical (unpaired) electrons. The number of nitrogens with zero attached hydrogens (tertiary/aromatic N) is 2. The molecule has 3 rings (SSSR count). The van der Waals surface area contributed by atoms with Crippen molar-refractivity contribution in [3.8, 4) is 0 Å². The zero-order valence-corrected chi connectivity index (χ0v) is 12.4. The Morgan fingerprint density at radius 1 is 1.29 bits per heavy atom. The van der Waals surface area contributed by atoms with Gasteiger partial charge in [0.2, 0.25) is 0 Å². The predicted molar refractivity (Wildman–Crippen MR) is 84.0 cm³/mol. The Balaban J connectivity index is 1.85. The van der Waals surface area contributed by atoms with Crippen molar-refractivity contribution in [2.45, 2.75) is 19.8 Å². The minimum atomic E-state index is 0.0818. The lowest BCUT2D eigenvalue weighted by atomic mass is 9.80. The third-order valence-electron chi connectivity index (χ3n) is 4.61. The molecule has 1 fully saturated rings. The minimum absolute atomic E-state index is 0.0818. The van der Waals surface area contributed by atoms with Crippen LogP contribution < -0.4 is 5.73 Å². The van der Waals surface area contributed by atoms with E-state index in [1.54, 1.807) is 6.20 Å². The second-order valence-corrected chi connectivity index (χ2v) is 6.19. The fraction of sp³-hybridized carbons (Fsp3) is 0.412. The van der Waals surface area contributed by atoms with Crippen LogP contribution in [-0.4, -0.2) is 35.4 Å². The fourth-order valence-corrected chi connectivity index (χ4v) is 2.90. The number of amides is 1. The van der Waals surface area contributed by atoms with Crippen molar-refractivity contribution in [2.75, 3.05) is 19.6 Å². The van der Waals surface area contributed by atoms with Gasteiger partial charge in [0.1, 0.15) is 0 Å². The Morgan fingerprint density at radius 2 is 2.00 bits per heavy atom. The first kappa shape index (κ1) is 14.0. The van der Waals surface area contributed by atoms with Crippen LogP contribution in [0.5, 0.6) is 0 Å². The lowest BCUT2D eigenvalue weighted by molar-refractivity contribution is 0.0619. The Hall–Kier alpha value is -1.94. The highest BCUT2D eigenvalue weighted by Gasteiger charge is 2.31. The number of likely N-dealkylation sites (tertiary alicyclic amines) is 1. The summed E-state index contributed by atoms with van der Waals surface area (Å²) in [4.78, 5) is 19.1. The summed E-state index contributed by atoms with van der Waals surface area (Å²) >= 11 is 0. The van der Waals surface area contributed by atoms with E-state index in [2.05, 4.69) is 11.9 Å². The van der Waals surface area contributed by atoms with Crippen LogP contribution in [0.4, 0.5) is 0 Å². The molecule has 2 heterocycles. The molecule has 1 aromatic heterocycles. The summed E-state index contributed by atoms with van der Waals surface area (Å²) in [6.45, 7) is 4.44. The van der Waals surface area contributed by atoms with Crippen LogP contribution in [-0.2, 0) is 0 Å². The number of hydrogen-bond acceptors (Lipinski definition) is 3. The number of pyridine rings is 1. The molecule has 0 spiro atoms. The van der Waals surface area contributed by atoms with Crippen LogP contribution in [0, 0.1) is 5.41 Å². The van der Waals surface area contributed by atoms with Crippen molar-refractivity contribution in [2.24, 2.45) is 11.1 Å². The van der Waals surface area contributed by atoms with Crippen molar-refractivity contribution in [1.29, 1.82) is 0 Å². The molecule has 1 saturated heterocycles. The van der Waals surface area contributed by atoms with Gasteiger partial charge in [0.15, 0.2) is 0 Å². The monoisotopic (exact) mass is 283 g/mol. The number of carbonyl (C=O) groups excluding carboxylic acids is 1. The molecular weight excluding hydrogens is 262 g/mol. The van der Waals surface area contributed by atoms with Crippen molar-refractivity contribution >= 4 is 16.8 Å². The van der Waals surface area contributed by atoms with Gasteiger partial charge in [-0.05, 0) is 36.9 Å². The van der Waals surface area contributed by atoms with Crippen molar-refractivity contribution in [3.63, 3.8) is 0 Å². The lowest BCUT2D eigenvalue weighted by Crippen LogP contribution is -2.44. The van der Waals surface area contributed by atoms with E-state index in [0.717, 1.165) is 36.8 Å². The number of para-hydroxylation sites is 1. The maximum atomic E-state index is 12.8. The van der Waals surface area contributed by atoms with E-state index < -0.39 is 0 Å². The zero-order chi connectivity index (χ0) is 14.9. The summed E-state index contributed by atoms with van der Waals surface area (Å²) in [6, 6.07) is 9.66. The van der Waals surface area contributed by atoms with Gasteiger partial charge in [0.25, 0.3) is 5.91 Å². The van der Waals surface area contributed by atoms with Gasteiger partial charge in [0, 0.05) is 24.7 Å². The number of carbonyl (C=O) groups is 1. The molecule has 2 N–H and O–H groups in total. The third-order valence-corrected chi connectivity index (χ3v) is 4.61. The first-order valence-electron chi connectivity index (χ1n) is 7.46. The fourth-order valence-electron chi connectivity index (χ4n) is 2.90. The molecular formula is C17H21N3O. The predicted octanol–water partition coefficient (Wildman–Crippen LogP) is 2.44. The maximum absolute atomic E-state index is 12.8. The average molecular weight is 283 g/mol. The molecule has 1 aromatic carbocycles. The second kappa shape index (κ2) is 5.45. The Bertz CT molecular complexity index is 655. The highest BCUT2D eigenvalue weighted by atomic mass is 16.2. The summed E-state index contributed by atoms with van der Waals surface area (Å²) in [5, 5.41) is 1.01.